The molecule has 6 nitrogen and oxygen atoms in total. The van der Waals surface area contributed by atoms with Crippen molar-refractivity contribution in [3.05, 3.63) is 42.2 Å². The molecule has 120 valence electrons. The maximum atomic E-state index is 10.8. The van der Waals surface area contributed by atoms with E-state index in [0.717, 1.165) is 4.90 Å². The molecule has 0 aliphatic carbocycles. The van der Waals surface area contributed by atoms with E-state index in [-0.39, 0.29) is 0 Å². The van der Waals surface area contributed by atoms with Crippen LogP contribution in [0.2, 0.25) is 0 Å². The molecule has 0 spiro atoms. The maximum Gasteiger partial charge on any atom is 0.339 e. The Labute approximate surface area is 138 Å². The van der Waals surface area contributed by atoms with E-state index in [1.54, 1.807) is 23.9 Å². The Morgan fingerprint density at radius 3 is 2.65 bits per heavy atom. The van der Waals surface area contributed by atoms with Crippen molar-refractivity contribution in [1.82, 2.24) is 5.06 Å². The standard InChI is InChI=1S/C16H16N2O4S/c1-11(18(20)16(17)19)3-4-12-7-10-15(21-12)22-13-5-8-14(23-2)9-6-13/h5-11,20H,1-2H3,(H2,17,19). The van der Waals surface area contributed by atoms with Crippen molar-refractivity contribution >= 4 is 17.8 Å². The fourth-order valence-electron chi connectivity index (χ4n) is 1.63. The molecule has 0 saturated heterocycles. The molecule has 7 heteroatoms. The number of thioether (sulfide) groups is 1. The Kier molecular flexibility index (Phi) is 5.57. The van der Waals surface area contributed by atoms with Crippen LogP contribution in [0.15, 0.2) is 45.7 Å². The zero-order valence-electron chi connectivity index (χ0n) is 12.6. The van der Waals surface area contributed by atoms with E-state index < -0.39 is 12.1 Å². The van der Waals surface area contributed by atoms with E-state index in [9.17, 15) is 10.0 Å². The molecular weight excluding hydrogens is 316 g/mol. The average Bonchev–Trinajstić information content (AvgIpc) is 3.00. The lowest BCUT2D eigenvalue weighted by Gasteiger charge is -2.14. The molecule has 0 radical (unpaired) electrons. The number of furan rings is 1. The van der Waals surface area contributed by atoms with E-state index in [4.69, 9.17) is 14.9 Å². The third kappa shape index (κ3) is 4.71. The number of hydrogen-bond acceptors (Lipinski definition) is 5. The molecule has 1 aromatic carbocycles. The smallest absolute Gasteiger partial charge is 0.339 e. The number of primary amides is 1. The van der Waals surface area contributed by atoms with Crippen LogP contribution in [0.3, 0.4) is 0 Å². The minimum Gasteiger partial charge on any atom is -0.426 e. The molecule has 0 fully saturated rings. The summed E-state index contributed by atoms with van der Waals surface area (Å²) in [4.78, 5) is 11.9. The van der Waals surface area contributed by atoms with Gasteiger partial charge >= 0.3 is 6.03 Å². The largest absolute Gasteiger partial charge is 0.426 e. The van der Waals surface area contributed by atoms with Gasteiger partial charge in [0.15, 0.2) is 5.76 Å². The van der Waals surface area contributed by atoms with E-state index in [1.165, 1.54) is 6.92 Å². The number of ether oxygens (including phenoxy) is 1. The predicted octanol–water partition coefficient (Wildman–Crippen LogP) is 3.30. The van der Waals surface area contributed by atoms with Gasteiger partial charge in [0, 0.05) is 11.0 Å². The van der Waals surface area contributed by atoms with Crippen LogP contribution in [-0.2, 0) is 0 Å². The SMILES string of the molecule is CSc1ccc(Oc2ccc(C#CC(C)N(O)C(N)=O)o2)cc1. The third-order valence-electron chi connectivity index (χ3n) is 2.86. The van der Waals surface area contributed by atoms with Crippen molar-refractivity contribution in [3.63, 3.8) is 0 Å². The molecule has 1 unspecified atom stereocenters. The lowest BCUT2D eigenvalue weighted by atomic mass is 10.3. The quantitative estimate of drug-likeness (QED) is 0.388. The number of hydrogen-bond donors (Lipinski definition) is 2. The number of carbonyl (C=O) groups excluding carboxylic acids is 1. The summed E-state index contributed by atoms with van der Waals surface area (Å²) in [5.41, 5.74) is 4.94. The first-order valence-electron chi connectivity index (χ1n) is 6.70. The minimum atomic E-state index is -0.969. The summed E-state index contributed by atoms with van der Waals surface area (Å²) in [7, 11) is 0. The number of nitrogens with two attached hydrogens (primary N) is 1. The van der Waals surface area contributed by atoms with Crippen LogP contribution < -0.4 is 10.5 Å². The molecule has 0 bridgehead atoms. The van der Waals surface area contributed by atoms with Crippen molar-refractivity contribution in [2.45, 2.75) is 17.9 Å². The molecule has 23 heavy (non-hydrogen) atoms. The molecule has 0 aliphatic heterocycles. The molecule has 1 aromatic heterocycles. The Morgan fingerprint density at radius 1 is 1.35 bits per heavy atom. The Hall–Kier alpha value is -2.56. The Bertz CT molecular complexity index is 731. The van der Waals surface area contributed by atoms with E-state index >= 15 is 0 Å². The van der Waals surface area contributed by atoms with Crippen LogP contribution in [0.4, 0.5) is 4.79 Å². The van der Waals surface area contributed by atoms with Crippen LogP contribution >= 0.6 is 11.8 Å². The highest BCUT2D eigenvalue weighted by Crippen LogP contribution is 2.25. The molecule has 2 aromatic rings. The van der Waals surface area contributed by atoms with Gasteiger partial charge in [-0.2, -0.15) is 5.06 Å². The predicted molar refractivity (Wildman–Crippen MR) is 86.6 cm³/mol. The topological polar surface area (TPSA) is 88.9 Å². The highest BCUT2D eigenvalue weighted by Gasteiger charge is 2.12. The first-order valence-corrected chi connectivity index (χ1v) is 7.93. The molecule has 2 amide bonds. The first-order chi connectivity index (χ1) is 11.0. The molecule has 2 rings (SSSR count). The van der Waals surface area contributed by atoms with Gasteiger partial charge in [0.2, 0.25) is 0 Å². The summed E-state index contributed by atoms with van der Waals surface area (Å²) in [6.07, 6.45) is 2.00. The van der Waals surface area contributed by atoms with Crippen LogP contribution in [-0.4, -0.2) is 28.6 Å². The van der Waals surface area contributed by atoms with Gasteiger partial charge in [-0.25, -0.2) is 4.79 Å². The minimum absolute atomic E-state index is 0.301. The fraction of sp³-hybridized carbons (Fsp3) is 0.188. The average molecular weight is 332 g/mol. The molecule has 0 saturated carbocycles. The second-order valence-electron chi connectivity index (χ2n) is 4.52. The van der Waals surface area contributed by atoms with Crippen molar-refractivity contribution in [2.75, 3.05) is 6.26 Å². The number of rotatable bonds is 4. The molecule has 3 N–H and O–H groups in total. The lowest BCUT2D eigenvalue weighted by molar-refractivity contribution is -0.0536. The summed E-state index contributed by atoms with van der Waals surface area (Å²) in [6.45, 7) is 1.53. The van der Waals surface area contributed by atoms with Crippen molar-refractivity contribution in [2.24, 2.45) is 5.73 Å². The van der Waals surface area contributed by atoms with Crippen LogP contribution in [0.5, 0.6) is 11.7 Å². The maximum absolute atomic E-state index is 10.8. The third-order valence-corrected chi connectivity index (χ3v) is 3.60. The van der Waals surface area contributed by atoms with Gasteiger partial charge in [-0.3, -0.25) is 5.21 Å². The lowest BCUT2D eigenvalue weighted by Crippen LogP contribution is -2.38. The number of nitrogens with zero attached hydrogens (tertiary/aromatic N) is 1. The molecule has 1 heterocycles. The van der Waals surface area contributed by atoms with Gasteiger partial charge in [-0.1, -0.05) is 5.92 Å². The van der Waals surface area contributed by atoms with Gasteiger partial charge in [0.1, 0.15) is 11.8 Å². The monoisotopic (exact) mass is 332 g/mol. The Morgan fingerprint density at radius 2 is 2.04 bits per heavy atom. The number of hydroxylamine groups is 2. The van der Waals surface area contributed by atoms with Gasteiger partial charge in [0.25, 0.3) is 5.95 Å². The van der Waals surface area contributed by atoms with Crippen molar-refractivity contribution in [3.8, 4) is 23.5 Å². The van der Waals surface area contributed by atoms with Crippen LogP contribution in [0, 0.1) is 11.8 Å². The second-order valence-corrected chi connectivity index (χ2v) is 5.40. The van der Waals surface area contributed by atoms with Gasteiger partial charge in [0.05, 0.1) is 0 Å². The summed E-state index contributed by atoms with van der Waals surface area (Å²) in [6, 6.07) is 9.15. The summed E-state index contributed by atoms with van der Waals surface area (Å²) < 4.78 is 11.0. The molecular formula is C16H16N2O4S. The zero-order valence-corrected chi connectivity index (χ0v) is 13.5. The molecule has 0 aliphatic rings. The summed E-state index contributed by atoms with van der Waals surface area (Å²) >= 11 is 1.65. The fourth-order valence-corrected chi connectivity index (χ4v) is 2.04. The van der Waals surface area contributed by atoms with Crippen LogP contribution in [0.25, 0.3) is 0 Å². The highest BCUT2D eigenvalue weighted by molar-refractivity contribution is 7.98. The normalized spacial score (nSPS) is 11.3. The number of carbonyl (C=O) groups is 1. The summed E-state index contributed by atoms with van der Waals surface area (Å²) in [5, 5.41) is 9.66. The Balaban J connectivity index is 2.02. The number of urea groups is 1. The van der Waals surface area contributed by atoms with Crippen molar-refractivity contribution < 1.29 is 19.2 Å². The number of amides is 2. The number of benzene rings is 1. The van der Waals surface area contributed by atoms with Crippen molar-refractivity contribution in [1.29, 1.82) is 0 Å². The van der Waals surface area contributed by atoms with Crippen LogP contribution in [0.1, 0.15) is 12.7 Å². The van der Waals surface area contributed by atoms with Gasteiger partial charge in [-0.05, 0) is 49.4 Å². The van der Waals surface area contributed by atoms with E-state index in [0.29, 0.717) is 22.5 Å². The van der Waals surface area contributed by atoms with E-state index in [1.807, 2.05) is 30.5 Å². The first kappa shape index (κ1) is 16.8. The molecule has 1 atom stereocenters. The zero-order chi connectivity index (χ0) is 16.8. The van der Waals surface area contributed by atoms with Gasteiger partial charge < -0.3 is 14.9 Å². The van der Waals surface area contributed by atoms with Gasteiger partial charge in [-0.15, -0.1) is 11.8 Å². The second kappa shape index (κ2) is 7.63. The summed E-state index contributed by atoms with van der Waals surface area (Å²) in [5.74, 6) is 6.65. The highest BCUT2D eigenvalue weighted by atomic mass is 32.2. The van der Waals surface area contributed by atoms with E-state index in [2.05, 4.69) is 11.8 Å².